The molecule has 1 unspecified atom stereocenters. The van der Waals surface area contributed by atoms with Crippen LogP contribution < -0.4 is 33.2 Å². The maximum atomic E-state index is 15.3. The topological polar surface area (TPSA) is 262 Å². The number of aliphatic hydroxyl groups excluding tert-OH is 1. The minimum absolute atomic E-state index is 0.0690. The number of benzene rings is 2. The molecule has 3 atom stereocenters. The molecule has 6 rings (SSSR count). The number of amides is 5. The Balaban J connectivity index is 0.844. The summed E-state index contributed by atoms with van der Waals surface area (Å²) in [5.41, 5.74) is 23.9. The number of aryl methyl sites for hydroxylation is 1. The lowest BCUT2D eigenvalue weighted by molar-refractivity contribution is -0.140. The second kappa shape index (κ2) is 23.7. The third-order valence-corrected chi connectivity index (χ3v) is 13.8. The zero-order chi connectivity index (χ0) is 49.8. The Morgan fingerprint density at radius 2 is 1.64 bits per heavy atom. The Morgan fingerprint density at radius 3 is 2.36 bits per heavy atom. The number of nitrogens with one attached hydrogen (secondary N) is 3. The highest BCUT2D eigenvalue weighted by Gasteiger charge is 2.41. The minimum Gasteiger partial charge on any atom is -0.397 e. The number of anilines is 3. The van der Waals surface area contributed by atoms with Gasteiger partial charge in [-0.3, -0.25) is 29.0 Å². The fourth-order valence-corrected chi connectivity index (χ4v) is 9.76. The van der Waals surface area contributed by atoms with Crippen molar-refractivity contribution >= 4 is 68.8 Å². The average molecular weight is 965 g/mol. The van der Waals surface area contributed by atoms with E-state index >= 15 is 4.39 Å². The van der Waals surface area contributed by atoms with Gasteiger partial charge in [0, 0.05) is 80.1 Å². The number of rotatable bonds is 23. The molecule has 368 valence electrons. The highest BCUT2D eigenvalue weighted by molar-refractivity contribution is 7.13. The van der Waals surface area contributed by atoms with E-state index in [9.17, 15) is 29.1 Å². The number of hydrogen-bond donors (Lipinski definition) is 7. The first-order valence-electron chi connectivity index (χ1n) is 23.6. The van der Waals surface area contributed by atoms with Gasteiger partial charge in [0.1, 0.15) is 11.9 Å². The fourth-order valence-electron chi connectivity index (χ4n) is 8.94. The van der Waals surface area contributed by atoms with Gasteiger partial charge in [-0.05, 0) is 79.2 Å². The Bertz CT molecular complexity index is 2640. The number of hydrogen-bond acceptors (Lipinski definition) is 12. The van der Waals surface area contributed by atoms with E-state index in [-0.39, 0.29) is 79.5 Å². The van der Waals surface area contributed by atoms with Crippen molar-refractivity contribution < 1.29 is 33.5 Å². The first-order valence-corrected chi connectivity index (χ1v) is 24.5. The van der Waals surface area contributed by atoms with Gasteiger partial charge >= 0.3 is 0 Å². The van der Waals surface area contributed by atoms with Gasteiger partial charge in [0.05, 0.1) is 39.8 Å². The molecule has 16 nitrogen and oxygen atoms in total. The van der Waals surface area contributed by atoms with Crippen LogP contribution in [0.1, 0.15) is 108 Å². The number of halogens is 1. The molecule has 5 amide bonds. The zero-order valence-electron chi connectivity index (χ0n) is 39.9. The summed E-state index contributed by atoms with van der Waals surface area (Å²) in [6, 6.07) is 10.3. The lowest BCUT2D eigenvalue weighted by atomic mass is 9.77. The number of β-amino-alcohol motifs (C(OH)–C–C–N with tert-alkyl or cyclic N) is 1. The molecule has 0 bridgehead atoms. The fraction of sp³-hybridized carbons (Fsp3) is 0.451. The quantitative estimate of drug-likeness (QED) is 0.0257. The number of unbranched alkanes of at least 4 members (excludes halogenated alkanes) is 4. The van der Waals surface area contributed by atoms with Crippen LogP contribution in [-0.4, -0.2) is 79.7 Å². The Morgan fingerprint density at radius 1 is 0.913 bits per heavy atom. The number of thiazole rings is 1. The second-order valence-electron chi connectivity index (χ2n) is 18.9. The molecular weight excluding hydrogens is 900 g/mol. The predicted octanol–water partition coefficient (Wildman–Crippen LogP) is 7.09. The van der Waals surface area contributed by atoms with E-state index < -0.39 is 35.2 Å². The number of nitrogen functional groups attached to an aromatic ring is 2. The molecule has 69 heavy (non-hydrogen) atoms. The van der Waals surface area contributed by atoms with Crippen molar-refractivity contribution in [2.75, 3.05) is 29.9 Å². The molecule has 4 heterocycles. The average Bonchev–Trinajstić information content (AvgIpc) is 3.93. The Hall–Kier alpha value is -6.53. The van der Waals surface area contributed by atoms with Crippen molar-refractivity contribution in [3.8, 4) is 21.6 Å². The van der Waals surface area contributed by atoms with Crippen molar-refractivity contribution in [2.45, 2.75) is 123 Å². The van der Waals surface area contributed by atoms with Crippen LogP contribution in [0, 0.1) is 31.0 Å². The van der Waals surface area contributed by atoms with Crippen molar-refractivity contribution in [1.29, 1.82) is 0 Å². The van der Waals surface area contributed by atoms with Crippen LogP contribution in [0.4, 0.5) is 21.6 Å². The maximum absolute atomic E-state index is 15.3. The highest BCUT2D eigenvalue weighted by Crippen LogP contribution is 2.37. The Kier molecular flexibility index (Phi) is 17.8. The highest BCUT2D eigenvalue weighted by atomic mass is 32.1. The zero-order valence-corrected chi connectivity index (χ0v) is 40.7. The van der Waals surface area contributed by atoms with E-state index in [1.165, 1.54) is 23.5 Å². The van der Waals surface area contributed by atoms with E-state index in [0.29, 0.717) is 53.4 Å². The second-order valence-corrected chi connectivity index (χ2v) is 19.8. The number of nitrogens with two attached hydrogens (primary N) is 3. The molecule has 3 aromatic heterocycles. The van der Waals surface area contributed by atoms with Crippen LogP contribution in [0.25, 0.3) is 32.3 Å². The number of carbonyl (C=O) groups is 5. The molecule has 0 spiro atoms. The summed E-state index contributed by atoms with van der Waals surface area (Å²) in [4.78, 5) is 79.9. The molecule has 0 saturated carbocycles. The lowest BCUT2D eigenvalue weighted by Crippen LogP contribution is -2.46. The van der Waals surface area contributed by atoms with Crippen LogP contribution in [0.3, 0.4) is 0 Å². The van der Waals surface area contributed by atoms with Gasteiger partial charge in [0.2, 0.25) is 29.5 Å². The third-order valence-electron chi connectivity index (χ3n) is 12.8. The summed E-state index contributed by atoms with van der Waals surface area (Å²) in [6.45, 7) is 8.45. The summed E-state index contributed by atoms with van der Waals surface area (Å²) in [7, 11) is 0. The number of primary amides is 1. The molecule has 2 aromatic carbocycles. The number of fused-ring (bicyclic) bond motifs is 1. The molecule has 1 saturated heterocycles. The Labute approximate surface area is 406 Å². The number of likely N-dealkylation sites (tertiary alicyclic amines) is 1. The van der Waals surface area contributed by atoms with Crippen LogP contribution in [0.2, 0.25) is 0 Å². The number of aliphatic hydroxyl groups is 1. The molecular formula is C51H65FN10O6S. The minimum atomic E-state index is -0.810. The number of pyridine rings is 2. The van der Waals surface area contributed by atoms with Crippen LogP contribution in [0.5, 0.6) is 0 Å². The van der Waals surface area contributed by atoms with E-state index in [4.69, 9.17) is 17.2 Å². The van der Waals surface area contributed by atoms with Crippen molar-refractivity contribution in [3.63, 3.8) is 0 Å². The van der Waals surface area contributed by atoms with E-state index in [1.54, 1.807) is 30.4 Å². The van der Waals surface area contributed by atoms with E-state index in [1.807, 2.05) is 50.5 Å². The maximum Gasteiger partial charge on any atom is 0.243 e. The number of nitrogens with zero attached hydrogens (tertiary/aromatic N) is 4. The van der Waals surface area contributed by atoms with E-state index in [0.717, 1.165) is 53.8 Å². The monoisotopic (exact) mass is 964 g/mol. The summed E-state index contributed by atoms with van der Waals surface area (Å²) >= 11 is 1.57. The third kappa shape index (κ3) is 14.0. The van der Waals surface area contributed by atoms with Gasteiger partial charge in [-0.1, -0.05) is 63.8 Å². The van der Waals surface area contributed by atoms with Gasteiger partial charge in [0.25, 0.3) is 0 Å². The molecule has 18 heteroatoms. The number of aromatic nitrogens is 3. The van der Waals surface area contributed by atoms with Crippen LogP contribution in [0.15, 0.2) is 60.5 Å². The SMILES string of the molecule is Cc1ncsc1-c1ccc(CNC(=O)[C@@H]2C[C@@H](O)CN2C(=O)CC(C)(C)CC(CCCCCCCNC(=O)CCCC(=O)Nc2cc3cc(-c4cncc(N)c4C)c(F)c(N)c3cn2)C(N)=O)cc1. The van der Waals surface area contributed by atoms with Crippen LogP contribution >= 0.6 is 11.3 Å². The summed E-state index contributed by atoms with van der Waals surface area (Å²) < 4.78 is 15.3. The number of carbonyl (C=O) groups excluding carboxylic acids is 5. The van der Waals surface area contributed by atoms with Crippen LogP contribution in [-0.2, 0) is 30.5 Å². The first-order chi connectivity index (χ1) is 32.9. The van der Waals surface area contributed by atoms with Crippen molar-refractivity contribution in [3.05, 3.63) is 83.1 Å². The van der Waals surface area contributed by atoms with Gasteiger partial charge in [0.15, 0.2) is 5.82 Å². The molecule has 10 N–H and O–H groups in total. The largest absolute Gasteiger partial charge is 0.397 e. The normalized spacial score (nSPS) is 15.2. The summed E-state index contributed by atoms with van der Waals surface area (Å²) in [6.07, 6.45) is 9.73. The summed E-state index contributed by atoms with van der Waals surface area (Å²) in [5.74, 6) is -2.20. The molecule has 0 radical (unpaired) electrons. The summed E-state index contributed by atoms with van der Waals surface area (Å²) in [5, 5.41) is 20.1. The van der Waals surface area contributed by atoms with Gasteiger partial charge in [-0.25, -0.2) is 14.4 Å². The smallest absolute Gasteiger partial charge is 0.243 e. The van der Waals surface area contributed by atoms with Crippen molar-refractivity contribution in [1.82, 2.24) is 30.5 Å². The molecule has 5 aromatic rings. The van der Waals surface area contributed by atoms with E-state index in [2.05, 4.69) is 30.9 Å². The first kappa shape index (κ1) is 51.9. The van der Waals surface area contributed by atoms with Gasteiger partial charge in [-0.2, -0.15) is 0 Å². The van der Waals surface area contributed by atoms with Crippen molar-refractivity contribution in [2.24, 2.45) is 17.1 Å². The molecule has 1 aliphatic heterocycles. The van der Waals surface area contributed by atoms with Gasteiger partial charge in [-0.15, -0.1) is 11.3 Å². The molecule has 1 fully saturated rings. The predicted molar refractivity (Wildman–Crippen MR) is 268 cm³/mol. The van der Waals surface area contributed by atoms with Gasteiger partial charge < -0.3 is 43.2 Å². The lowest BCUT2D eigenvalue weighted by Gasteiger charge is -2.31. The standard InChI is InChI=1S/C51H65FN10O6S/c1-30-38(25-56-27-40(30)53)37-19-35-20-42(58-26-39(35)47(54)46(37)52)61-44(65)13-10-12-43(64)57-18-9-7-5-6-8-11-34(49(55)67)22-51(3,4)23-45(66)62-28-36(63)21-41(62)50(68)59-24-32-14-16-33(17-15-32)48-31(2)60-29-69-48/h14-17,19-20,25-27,29,34,36,41,63H,5-13,18,21-24,28,53-54H2,1-4H3,(H2,55,67)(H,57,64)(H,59,68)(H,58,61,65)/t34?,36-,41+/m1/s1. The molecule has 1 aliphatic rings. The molecule has 0 aliphatic carbocycles.